The van der Waals surface area contributed by atoms with Crippen molar-refractivity contribution in [1.29, 1.82) is 0 Å². The van der Waals surface area contributed by atoms with Gasteiger partial charge in [-0.25, -0.2) is 9.59 Å². The Balaban J connectivity index is 1.66. The fraction of sp³-hybridized carbons (Fsp3) is 0.207. The number of hydrogen-bond acceptors (Lipinski definition) is 5. The highest BCUT2D eigenvalue weighted by atomic mass is 16.5. The van der Waals surface area contributed by atoms with E-state index in [0.29, 0.717) is 22.4 Å². The Bertz CT molecular complexity index is 1380. The molecule has 1 unspecified atom stereocenters. The van der Waals surface area contributed by atoms with Gasteiger partial charge in [-0.1, -0.05) is 56.0 Å². The molecule has 0 bridgehead atoms. The van der Waals surface area contributed by atoms with Crippen molar-refractivity contribution < 1.29 is 29.3 Å². The predicted octanol–water partition coefficient (Wildman–Crippen LogP) is 4.14. The maximum absolute atomic E-state index is 13.4. The first kappa shape index (κ1) is 24.7. The highest BCUT2D eigenvalue weighted by molar-refractivity contribution is 6.01. The summed E-state index contributed by atoms with van der Waals surface area (Å²) >= 11 is 0. The highest BCUT2D eigenvalue weighted by Crippen LogP contribution is 2.33. The Morgan fingerprint density at radius 3 is 2.39 bits per heavy atom. The number of cyclic esters (lactones) is 1. The first-order chi connectivity index (χ1) is 17.1. The summed E-state index contributed by atoms with van der Waals surface area (Å²) in [7, 11) is 0. The first-order valence-corrected chi connectivity index (χ1v) is 11.3. The number of benzene rings is 3. The lowest BCUT2D eigenvalue weighted by molar-refractivity contribution is -0.130. The minimum atomic E-state index is -2.09. The molecule has 0 aliphatic carbocycles. The quantitative estimate of drug-likeness (QED) is 0.359. The molecule has 1 heterocycles. The molecule has 0 fully saturated rings. The molecule has 1 aliphatic rings. The third-order valence-corrected chi connectivity index (χ3v) is 6.12. The molecule has 182 valence electrons. The molecule has 4 rings (SSSR count). The number of hydrogen-bond donors (Lipinski definition) is 3. The van der Waals surface area contributed by atoms with Crippen LogP contribution in [-0.2, 0) is 21.6 Å². The zero-order valence-electron chi connectivity index (χ0n) is 19.9. The van der Waals surface area contributed by atoms with Gasteiger partial charge in [-0.3, -0.25) is 4.79 Å². The van der Waals surface area contributed by atoms with Crippen molar-refractivity contribution in [1.82, 2.24) is 0 Å². The van der Waals surface area contributed by atoms with Crippen LogP contribution in [0.15, 0.2) is 72.8 Å². The third kappa shape index (κ3) is 5.29. The van der Waals surface area contributed by atoms with Gasteiger partial charge in [-0.2, -0.15) is 0 Å². The highest BCUT2D eigenvalue weighted by Gasteiger charge is 2.41. The summed E-state index contributed by atoms with van der Waals surface area (Å²) in [6, 6.07) is 20.2. The molecule has 36 heavy (non-hydrogen) atoms. The fourth-order valence-electron chi connectivity index (χ4n) is 4.13. The summed E-state index contributed by atoms with van der Waals surface area (Å²) in [4.78, 5) is 36.3. The van der Waals surface area contributed by atoms with Gasteiger partial charge in [0.1, 0.15) is 6.61 Å². The molecule has 0 saturated heterocycles. The smallest absolute Gasteiger partial charge is 0.338 e. The number of esters is 1. The Kier molecular flexibility index (Phi) is 6.65. The van der Waals surface area contributed by atoms with Gasteiger partial charge >= 0.3 is 11.9 Å². The van der Waals surface area contributed by atoms with Crippen molar-refractivity contribution in [3.63, 3.8) is 0 Å². The topological polar surface area (TPSA) is 113 Å². The van der Waals surface area contributed by atoms with E-state index in [1.165, 1.54) is 24.3 Å². The van der Waals surface area contributed by atoms with E-state index in [-0.39, 0.29) is 18.6 Å². The number of carbonyl (C=O) groups is 3. The summed E-state index contributed by atoms with van der Waals surface area (Å²) in [5.74, 6) is 3.37. The van der Waals surface area contributed by atoms with Crippen LogP contribution in [-0.4, -0.2) is 33.7 Å². The van der Waals surface area contributed by atoms with Crippen LogP contribution in [0.3, 0.4) is 0 Å². The van der Waals surface area contributed by atoms with Crippen LogP contribution >= 0.6 is 0 Å². The van der Waals surface area contributed by atoms with Crippen molar-refractivity contribution in [2.45, 2.75) is 37.9 Å². The lowest BCUT2D eigenvalue weighted by Gasteiger charge is -2.32. The number of fused-ring (bicyclic) bond motifs is 1. The second-order valence-electron chi connectivity index (χ2n) is 9.32. The van der Waals surface area contributed by atoms with E-state index < -0.39 is 28.9 Å². The average Bonchev–Trinajstić information content (AvgIpc) is 3.23. The molecule has 1 amide bonds. The molecule has 0 saturated carbocycles. The first-order valence-electron chi connectivity index (χ1n) is 11.3. The molecular weight excluding hydrogens is 458 g/mol. The van der Waals surface area contributed by atoms with Crippen LogP contribution < -0.4 is 5.32 Å². The number of carbonyl (C=O) groups excluding carboxylic acids is 2. The molecule has 7 heteroatoms. The number of ether oxygens (including phenoxy) is 1. The van der Waals surface area contributed by atoms with E-state index >= 15 is 0 Å². The molecule has 3 N–H and O–H groups in total. The van der Waals surface area contributed by atoms with Gasteiger partial charge in [0.25, 0.3) is 5.91 Å². The summed E-state index contributed by atoms with van der Waals surface area (Å²) < 4.78 is 5.02. The summed E-state index contributed by atoms with van der Waals surface area (Å²) in [5, 5.41) is 23.4. The Hall–Kier alpha value is -4.41. The van der Waals surface area contributed by atoms with Crippen molar-refractivity contribution in [2.24, 2.45) is 0 Å². The Morgan fingerprint density at radius 2 is 1.72 bits per heavy atom. The average molecular weight is 484 g/mol. The largest absolute Gasteiger partial charge is 0.478 e. The monoisotopic (exact) mass is 483 g/mol. The number of carboxylic acid groups (broad SMARTS) is 1. The Morgan fingerprint density at radius 1 is 1.03 bits per heavy atom. The van der Waals surface area contributed by atoms with Gasteiger partial charge in [-0.15, -0.1) is 0 Å². The van der Waals surface area contributed by atoms with Gasteiger partial charge in [0.05, 0.1) is 11.1 Å². The minimum Gasteiger partial charge on any atom is -0.478 e. The minimum absolute atomic E-state index is 0.0113. The lowest BCUT2D eigenvalue weighted by atomic mass is 9.75. The van der Waals surface area contributed by atoms with Crippen LogP contribution in [0.5, 0.6) is 0 Å². The van der Waals surface area contributed by atoms with Gasteiger partial charge in [-0.05, 0) is 53.4 Å². The van der Waals surface area contributed by atoms with Gasteiger partial charge < -0.3 is 20.3 Å². The number of aromatic carboxylic acids is 1. The van der Waals surface area contributed by atoms with E-state index in [1.54, 1.807) is 18.2 Å². The van der Waals surface area contributed by atoms with Crippen LogP contribution in [0.25, 0.3) is 0 Å². The Labute approximate surface area is 208 Å². The standard InChI is InChI=1S/C29H25NO6/c1-28(2,22-6-4-3-5-7-22)18-29(35,15-14-19-8-10-20(11-9-19)25(31)32)27(34)30-23-12-13-24-21(16-23)17-36-26(24)33/h3-13,16,35H,17-18H2,1-2H3,(H,30,34)(H,31,32). The van der Waals surface area contributed by atoms with E-state index in [0.717, 1.165) is 5.56 Å². The van der Waals surface area contributed by atoms with E-state index in [9.17, 15) is 19.5 Å². The number of nitrogens with one attached hydrogen (secondary N) is 1. The van der Waals surface area contributed by atoms with Gasteiger partial charge in [0.2, 0.25) is 5.60 Å². The van der Waals surface area contributed by atoms with Crippen LogP contribution in [0.2, 0.25) is 0 Å². The fourth-order valence-corrected chi connectivity index (χ4v) is 4.13. The van der Waals surface area contributed by atoms with Crippen molar-refractivity contribution in [2.75, 3.05) is 5.32 Å². The molecule has 1 atom stereocenters. The van der Waals surface area contributed by atoms with E-state index in [2.05, 4.69) is 17.2 Å². The van der Waals surface area contributed by atoms with Gasteiger partial charge in [0.15, 0.2) is 0 Å². The normalized spacial score (nSPS) is 14.0. The van der Waals surface area contributed by atoms with Crippen molar-refractivity contribution >= 4 is 23.5 Å². The lowest BCUT2D eigenvalue weighted by Crippen LogP contribution is -2.46. The van der Waals surface area contributed by atoms with Crippen molar-refractivity contribution in [3.8, 4) is 11.8 Å². The SMILES string of the molecule is CC(C)(CC(O)(C#Cc1ccc(C(=O)O)cc1)C(=O)Nc1ccc2c(c1)COC2=O)c1ccccc1. The van der Waals surface area contributed by atoms with E-state index in [4.69, 9.17) is 9.84 Å². The van der Waals surface area contributed by atoms with Crippen LogP contribution in [0.4, 0.5) is 5.69 Å². The van der Waals surface area contributed by atoms with Crippen LogP contribution in [0.1, 0.15) is 57.7 Å². The molecule has 1 aliphatic heterocycles. The predicted molar refractivity (Wildman–Crippen MR) is 134 cm³/mol. The van der Waals surface area contributed by atoms with E-state index in [1.807, 2.05) is 44.2 Å². The number of amides is 1. The molecule has 0 spiro atoms. The summed E-state index contributed by atoms with van der Waals surface area (Å²) in [6.07, 6.45) is -0.0113. The molecule has 0 radical (unpaired) electrons. The molecule has 3 aromatic rings. The number of anilines is 1. The van der Waals surface area contributed by atoms with Crippen LogP contribution in [0, 0.1) is 11.8 Å². The van der Waals surface area contributed by atoms with Crippen molar-refractivity contribution in [3.05, 3.63) is 101 Å². The number of aliphatic hydroxyl groups is 1. The maximum Gasteiger partial charge on any atom is 0.338 e. The van der Waals surface area contributed by atoms with Gasteiger partial charge in [0, 0.05) is 23.2 Å². The second kappa shape index (κ2) is 9.68. The summed E-state index contributed by atoms with van der Waals surface area (Å²) in [6.45, 7) is 3.96. The maximum atomic E-state index is 13.4. The third-order valence-electron chi connectivity index (χ3n) is 6.12. The summed E-state index contributed by atoms with van der Waals surface area (Å²) in [5.41, 5.74) is 0.282. The molecule has 3 aromatic carbocycles. The number of rotatable bonds is 6. The molecule has 0 aromatic heterocycles. The number of carboxylic acids is 1. The molecule has 7 nitrogen and oxygen atoms in total. The zero-order valence-corrected chi connectivity index (χ0v) is 19.9. The second-order valence-corrected chi connectivity index (χ2v) is 9.32. The zero-order chi connectivity index (χ0) is 25.9. The molecular formula is C29H25NO6.